The third-order valence-corrected chi connectivity index (χ3v) is 6.29. The molecule has 0 amide bonds. The summed E-state index contributed by atoms with van der Waals surface area (Å²) >= 11 is 0. The van der Waals surface area contributed by atoms with E-state index in [9.17, 15) is 0 Å². The molecule has 156 valence electrons. The molecular formula is C27H28N4. The van der Waals surface area contributed by atoms with Crippen LogP contribution >= 0.6 is 0 Å². The highest BCUT2D eigenvalue weighted by Crippen LogP contribution is 2.23. The van der Waals surface area contributed by atoms with E-state index < -0.39 is 0 Å². The summed E-state index contributed by atoms with van der Waals surface area (Å²) < 4.78 is 4.61. The number of nitrogens with zero attached hydrogens (tertiary/aromatic N) is 4. The highest BCUT2D eigenvalue weighted by Gasteiger charge is 2.14. The van der Waals surface area contributed by atoms with Gasteiger partial charge in [-0.2, -0.15) is 0 Å². The minimum atomic E-state index is 0.550. The molecule has 0 N–H and O–H groups in total. The number of hydrogen-bond acceptors (Lipinski definition) is 2. The van der Waals surface area contributed by atoms with Crippen LogP contribution in [-0.4, -0.2) is 19.1 Å². The van der Waals surface area contributed by atoms with E-state index in [1.54, 1.807) is 0 Å². The molecule has 31 heavy (non-hydrogen) atoms. The molecule has 1 unspecified atom stereocenters. The zero-order valence-electron chi connectivity index (χ0n) is 18.0. The number of rotatable bonds is 8. The summed E-state index contributed by atoms with van der Waals surface area (Å²) in [4.78, 5) is 9.14. The number of fused-ring (bicyclic) bond motifs is 2. The molecule has 0 fully saturated rings. The summed E-state index contributed by atoms with van der Waals surface area (Å²) in [7, 11) is 0. The van der Waals surface area contributed by atoms with E-state index >= 15 is 0 Å². The van der Waals surface area contributed by atoms with E-state index in [0.29, 0.717) is 5.92 Å². The van der Waals surface area contributed by atoms with Gasteiger partial charge in [-0.1, -0.05) is 48.5 Å². The number of para-hydroxylation sites is 4. The summed E-state index contributed by atoms with van der Waals surface area (Å²) in [6.07, 6.45) is 7.35. The Morgan fingerprint density at radius 2 is 1.35 bits per heavy atom. The highest BCUT2D eigenvalue weighted by molar-refractivity contribution is 5.75. The fraction of sp³-hybridized carbons (Fsp3) is 0.259. The second kappa shape index (κ2) is 8.76. The lowest BCUT2D eigenvalue weighted by Gasteiger charge is -2.20. The summed E-state index contributed by atoms with van der Waals surface area (Å²) in [6, 6.07) is 25.6. The quantitative estimate of drug-likeness (QED) is 0.314. The van der Waals surface area contributed by atoms with Crippen LogP contribution in [0.25, 0.3) is 22.1 Å². The maximum Gasteiger partial charge on any atom is 0.0958 e. The predicted octanol–water partition coefficient (Wildman–Crippen LogP) is 6.03. The zero-order chi connectivity index (χ0) is 21.0. The Morgan fingerprint density at radius 1 is 0.742 bits per heavy atom. The van der Waals surface area contributed by atoms with E-state index in [0.717, 1.165) is 43.4 Å². The summed E-state index contributed by atoms with van der Waals surface area (Å²) in [5.74, 6) is 0.550. The molecule has 0 aliphatic rings. The number of benzene rings is 3. The van der Waals surface area contributed by atoms with Crippen molar-refractivity contribution in [2.75, 3.05) is 0 Å². The zero-order valence-corrected chi connectivity index (χ0v) is 18.0. The van der Waals surface area contributed by atoms with Crippen LogP contribution in [0.15, 0.2) is 85.5 Å². The number of aryl methyl sites for hydroxylation is 2. The highest BCUT2D eigenvalue weighted by atomic mass is 15.1. The minimum Gasteiger partial charge on any atom is -0.331 e. The lowest BCUT2D eigenvalue weighted by atomic mass is 9.92. The lowest BCUT2D eigenvalue weighted by Crippen LogP contribution is -2.15. The maximum absolute atomic E-state index is 4.60. The molecule has 5 rings (SSSR count). The molecule has 1 atom stereocenters. The molecule has 3 aromatic carbocycles. The molecule has 0 aliphatic carbocycles. The molecule has 2 heterocycles. The van der Waals surface area contributed by atoms with Crippen molar-refractivity contribution in [3.05, 3.63) is 96.6 Å². The van der Waals surface area contributed by atoms with Crippen molar-refractivity contribution >= 4 is 22.1 Å². The first-order valence-electron chi connectivity index (χ1n) is 11.1. The van der Waals surface area contributed by atoms with Gasteiger partial charge in [0, 0.05) is 13.1 Å². The molecule has 0 bridgehead atoms. The Morgan fingerprint density at radius 3 is 2.10 bits per heavy atom. The van der Waals surface area contributed by atoms with Gasteiger partial charge in [0.05, 0.1) is 34.7 Å². The Hall–Kier alpha value is -3.40. The lowest BCUT2D eigenvalue weighted by molar-refractivity contribution is 0.394. The minimum absolute atomic E-state index is 0.550. The molecule has 0 saturated carbocycles. The average molecular weight is 409 g/mol. The maximum atomic E-state index is 4.60. The standard InChI is InChI=1S/C27H28N4/c1-21-9-2-3-11-23(21)17-22(18-31-20-29-25-13-5-7-15-27(25)31)10-8-16-30-19-28-24-12-4-6-14-26(24)30/h2-7,9,11-15,19-20,22H,8,10,16-18H2,1H3. The van der Waals surface area contributed by atoms with Gasteiger partial charge in [0.2, 0.25) is 0 Å². The van der Waals surface area contributed by atoms with Crippen LogP contribution in [0.5, 0.6) is 0 Å². The average Bonchev–Trinajstić information content (AvgIpc) is 3.40. The van der Waals surface area contributed by atoms with E-state index in [2.05, 4.69) is 92.8 Å². The third-order valence-electron chi connectivity index (χ3n) is 6.29. The van der Waals surface area contributed by atoms with Gasteiger partial charge in [0.25, 0.3) is 0 Å². The Labute approximate surface area is 183 Å². The summed E-state index contributed by atoms with van der Waals surface area (Å²) in [5, 5.41) is 0. The summed E-state index contributed by atoms with van der Waals surface area (Å²) in [6.45, 7) is 4.20. The first-order valence-corrected chi connectivity index (χ1v) is 11.1. The molecule has 0 saturated heterocycles. The fourth-order valence-corrected chi connectivity index (χ4v) is 4.58. The first kappa shape index (κ1) is 19.6. The number of imidazole rings is 2. The van der Waals surface area contributed by atoms with Crippen LogP contribution in [-0.2, 0) is 19.5 Å². The molecule has 0 radical (unpaired) electrons. The van der Waals surface area contributed by atoms with Gasteiger partial charge >= 0.3 is 0 Å². The van der Waals surface area contributed by atoms with Crippen LogP contribution in [0.3, 0.4) is 0 Å². The van der Waals surface area contributed by atoms with Crippen molar-refractivity contribution in [3.8, 4) is 0 Å². The second-order valence-electron chi connectivity index (χ2n) is 8.45. The molecule has 4 heteroatoms. The van der Waals surface area contributed by atoms with E-state index in [1.807, 2.05) is 18.7 Å². The van der Waals surface area contributed by atoms with Crippen molar-refractivity contribution < 1.29 is 0 Å². The van der Waals surface area contributed by atoms with Gasteiger partial charge in [0.15, 0.2) is 0 Å². The van der Waals surface area contributed by atoms with Gasteiger partial charge in [-0.3, -0.25) is 0 Å². The monoisotopic (exact) mass is 408 g/mol. The van der Waals surface area contributed by atoms with Crippen molar-refractivity contribution in [1.82, 2.24) is 19.1 Å². The van der Waals surface area contributed by atoms with E-state index in [4.69, 9.17) is 0 Å². The second-order valence-corrected chi connectivity index (χ2v) is 8.45. The molecule has 5 aromatic rings. The molecule has 0 spiro atoms. The van der Waals surface area contributed by atoms with E-state index in [1.165, 1.54) is 22.2 Å². The smallest absolute Gasteiger partial charge is 0.0958 e. The Bertz CT molecular complexity index is 1300. The van der Waals surface area contributed by atoms with Crippen molar-refractivity contribution in [2.24, 2.45) is 5.92 Å². The SMILES string of the molecule is Cc1ccccc1CC(CCCn1cnc2ccccc21)Cn1cnc2ccccc21. The first-order chi connectivity index (χ1) is 15.3. The topological polar surface area (TPSA) is 35.6 Å². The van der Waals surface area contributed by atoms with Crippen molar-refractivity contribution in [3.63, 3.8) is 0 Å². The van der Waals surface area contributed by atoms with Crippen molar-refractivity contribution in [2.45, 2.75) is 39.3 Å². The number of hydrogen-bond donors (Lipinski definition) is 0. The van der Waals surface area contributed by atoms with Crippen LogP contribution < -0.4 is 0 Å². The van der Waals surface area contributed by atoms with Gasteiger partial charge in [-0.15, -0.1) is 0 Å². The third kappa shape index (κ3) is 4.24. The van der Waals surface area contributed by atoms with Crippen LogP contribution in [0, 0.1) is 12.8 Å². The molecule has 2 aromatic heterocycles. The van der Waals surface area contributed by atoms with Gasteiger partial charge in [-0.25, -0.2) is 9.97 Å². The van der Waals surface area contributed by atoms with Crippen LogP contribution in [0.4, 0.5) is 0 Å². The van der Waals surface area contributed by atoms with Gasteiger partial charge < -0.3 is 9.13 Å². The Kier molecular flexibility index (Phi) is 5.53. The Balaban J connectivity index is 1.33. The normalized spacial score (nSPS) is 12.5. The number of aromatic nitrogens is 4. The fourth-order valence-electron chi connectivity index (χ4n) is 4.58. The molecule has 0 aliphatic heterocycles. The largest absolute Gasteiger partial charge is 0.331 e. The predicted molar refractivity (Wildman–Crippen MR) is 127 cm³/mol. The summed E-state index contributed by atoms with van der Waals surface area (Å²) in [5.41, 5.74) is 7.41. The van der Waals surface area contributed by atoms with Crippen LogP contribution in [0.2, 0.25) is 0 Å². The van der Waals surface area contributed by atoms with Gasteiger partial charge in [0.1, 0.15) is 0 Å². The van der Waals surface area contributed by atoms with E-state index in [-0.39, 0.29) is 0 Å². The van der Waals surface area contributed by atoms with Crippen LogP contribution in [0.1, 0.15) is 24.0 Å². The van der Waals surface area contributed by atoms with Gasteiger partial charge in [-0.05, 0) is 67.5 Å². The molecular weight excluding hydrogens is 380 g/mol. The molecule has 4 nitrogen and oxygen atoms in total. The van der Waals surface area contributed by atoms with Crippen molar-refractivity contribution in [1.29, 1.82) is 0 Å².